The first-order chi connectivity index (χ1) is 13.9. The second kappa shape index (κ2) is 8.65. The van der Waals surface area contributed by atoms with Gasteiger partial charge in [-0.1, -0.05) is 5.92 Å². The summed E-state index contributed by atoms with van der Waals surface area (Å²) in [6.45, 7) is 0. The van der Waals surface area contributed by atoms with E-state index in [1.54, 1.807) is 0 Å². The molecule has 6 atom stereocenters. The number of anilines is 1. The van der Waals surface area contributed by atoms with E-state index in [0.717, 1.165) is 0 Å². The van der Waals surface area contributed by atoms with E-state index in [-0.39, 0.29) is 0 Å². The number of alkyl halides is 1. The van der Waals surface area contributed by atoms with Crippen LogP contribution in [0.4, 0.5) is 14.6 Å². The fraction of sp³-hybridized carbons (Fsp3) is 0.400. The fourth-order valence-corrected chi connectivity index (χ4v) is 5.54. The van der Waals surface area contributed by atoms with Crippen molar-refractivity contribution in [3.05, 3.63) is 16.8 Å². The molecular formula is C10H12F2N3O12P3S. The van der Waals surface area contributed by atoms with Crippen molar-refractivity contribution in [1.29, 1.82) is 0 Å². The van der Waals surface area contributed by atoms with Gasteiger partial charge in [0.2, 0.25) is 16.7 Å². The number of aliphatic hydroxyl groups excluding tert-OH is 1. The highest BCUT2D eigenvalue weighted by molar-refractivity contribution is 7.71. The molecule has 1 aliphatic heterocycles. The minimum Gasteiger partial charge on any atom is -0.383 e. The van der Waals surface area contributed by atoms with Crippen molar-refractivity contribution in [3.63, 3.8) is 0 Å². The van der Waals surface area contributed by atoms with Gasteiger partial charge in [-0.15, -0.1) is 6.42 Å². The van der Waals surface area contributed by atoms with Gasteiger partial charge in [-0.3, -0.25) is 9.09 Å². The molecular weight excluding hydrogens is 517 g/mol. The molecule has 2 rings (SSSR count). The minimum atomic E-state index is -5.91. The second-order valence-corrected chi connectivity index (χ2v) is 10.3. The van der Waals surface area contributed by atoms with E-state index in [9.17, 15) is 28.1 Å². The van der Waals surface area contributed by atoms with E-state index >= 15 is 4.39 Å². The number of aromatic nitrogens is 2. The topological polar surface area (TPSA) is 233 Å². The molecule has 0 saturated carbocycles. The van der Waals surface area contributed by atoms with E-state index < -0.39 is 64.2 Å². The monoisotopic (exact) mass is 529 g/mol. The Labute approximate surface area is 175 Å². The highest BCUT2D eigenvalue weighted by atomic mass is 32.1. The van der Waals surface area contributed by atoms with Crippen molar-refractivity contribution in [1.82, 2.24) is 9.55 Å². The first kappa shape index (κ1) is 26.1. The maximum absolute atomic E-state index is 15.2. The molecule has 3 unspecified atom stereocenters. The summed E-state index contributed by atoms with van der Waals surface area (Å²) in [6.07, 6.45) is -1.78. The maximum atomic E-state index is 15.2. The molecule has 1 aliphatic rings. The molecule has 0 spiro atoms. The van der Waals surface area contributed by atoms with Gasteiger partial charge in [-0.2, -0.15) is 13.6 Å². The van der Waals surface area contributed by atoms with E-state index in [2.05, 4.69) is 18.1 Å². The van der Waals surface area contributed by atoms with E-state index in [0.29, 0.717) is 10.8 Å². The first-order valence-corrected chi connectivity index (χ1v) is 12.2. The molecule has 1 aromatic heterocycles. The molecule has 1 aromatic rings. The molecule has 2 heterocycles. The molecule has 174 valence electrons. The lowest BCUT2D eigenvalue weighted by molar-refractivity contribution is -0.135. The quantitative estimate of drug-likeness (QED) is 0.158. The average molecular weight is 529 g/mol. The van der Waals surface area contributed by atoms with Crippen LogP contribution in [0.25, 0.3) is 0 Å². The SMILES string of the molecule is C#CC1(F)[C@@H](O)[C@@H](OP(=O)(O)OP(=O)(O)OP(=O)(O)O)O[C@H]1n1cc(F)c(N)nc1=S. The van der Waals surface area contributed by atoms with Crippen LogP contribution >= 0.6 is 35.7 Å². The first-order valence-electron chi connectivity index (χ1n) is 7.27. The van der Waals surface area contributed by atoms with Crippen molar-refractivity contribution >= 4 is 41.5 Å². The van der Waals surface area contributed by atoms with E-state index in [1.807, 2.05) is 0 Å². The van der Waals surface area contributed by atoms with Gasteiger partial charge >= 0.3 is 23.5 Å². The lowest BCUT2D eigenvalue weighted by Gasteiger charge is -2.24. The fourth-order valence-electron chi connectivity index (χ4n) is 2.21. The smallest absolute Gasteiger partial charge is 0.383 e. The summed E-state index contributed by atoms with van der Waals surface area (Å²) in [4.78, 5) is 39.0. The Morgan fingerprint density at radius 3 is 2.39 bits per heavy atom. The Hall–Kier alpha value is -1.15. The van der Waals surface area contributed by atoms with Gasteiger partial charge in [-0.05, 0) is 12.2 Å². The number of phosphoric ester groups is 1. The second-order valence-electron chi connectivity index (χ2n) is 5.57. The molecule has 1 saturated heterocycles. The summed E-state index contributed by atoms with van der Waals surface area (Å²) in [7, 11) is -17.4. The molecule has 1 fully saturated rings. The zero-order chi connectivity index (χ0) is 24.0. The zero-order valence-corrected chi connectivity index (χ0v) is 18.0. The van der Waals surface area contributed by atoms with Crippen molar-refractivity contribution in [2.24, 2.45) is 0 Å². The minimum absolute atomic E-state index is 0.463. The third-order valence-electron chi connectivity index (χ3n) is 3.37. The summed E-state index contributed by atoms with van der Waals surface area (Å²) < 4.78 is 78.7. The summed E-state index contributed by atoms with van der Waals surface area (Å²) >= 11 is 4.77. The van der Waals surface area contributed by atoms with Crippen LogP contribution in [0, 0.1) is 22.9 Å². The summed E-state index contributed by atoms with van der Waals surface area (Å²) in [5.41, 5.74) is 1.92. The van der Waals surface area contributed by atoms with Crippen molar-refractivity contribution < 1.29 is 65.0 Å². The average Bonchev–Trinajstić information content (AvgIpc) is 2.79. The molecule has 15 nitrogen and oxygen atoms in total. The lowest BCUT2D eigenvalue weighted by Crippen LogP contribution is -2.42. The van der Waals surface area contributed by atoms with Gasteiger partial charge in [0.25, 0.3) is 0 Å². The third-order valence-corrected chi connectivity index (χ3v) is 7.48. The van der Waals surface area contributed by atoms with Crippen LogP contribution in [0.3, 0.4) is 0 Å². The largest absolute Gasteiger partial charge is 0.490 e. The molecule has 7 N–H and O–H groups in total. The Kier molecular flexibility index (Phi) is 7.29. The lowest BCUT2D eigenvalue weighted by atomic mass is 10.00. The van der Waals surface area contributed by atoms with Crippen LogP contribution in [-0.2, 0) is 31.6 Å². The Morgan fingerprint density at radius 2 is 1.87 bits per heavy atom. The number of halogens is 2. The van der Waals surface area contributed by atoms with Gasteiger partial charge in [0, 0.05) is 6.20 Å². The normalized spacial score (nSPS) is 30.3. The highest BCUT2D eigenvalue weighted by Crippen LogP contribution is 2.67. The molecule has 31 heavy (non-hydrogen) atoms. The van der Waals surface area contributed by atoms with Crippen LogP contribution in [0.2, 0.25) is 0 Å². The van der Waals surface area contributed by atoms with Crippen LogP contribution < -0.4 is 5.73 Å². The van der Waals surface area contributed by atoms with Gasteiger partial charge in [0.05, 0.1) is 0 Å². The van der Waals surface area contributed by atoms with Crippen LogP contribution in [-0.4, -0.2) is 52.3 Å². The predicted octanol–water partition coefficient (Wildman–Crippen LogP) is 0.234. The highest BCUT2D eigenvalue weighted by Gasteiger charge is 2.60. The number of nitrogens with zero attached hydrogens (tertiary/aromatic N) is 2. The predicted molar refractivity (Wildman–Crippen MR) is 95.0 cm³/mol. The van der Waals surface area contributed by atoms with Crippen molar-refractivity contribution in [3.8, 4) is 12.3 Å². The summed E-state index contributed by atoms with van der Waals surface area (Å²) in [5.74, 6) is -0.397. The number of terminal acetylenes is 1. The number of hydrogen-bond donors (Lipinski definition) is 6. The molecule has 0 amide bonds. The Bertz CT molecular complexity index is 1120. The van der Waals surface area contributed by atoms with E-state index in [1.165, 1.54) is 5.92 Å². The number of hydrogen-bond acceptors (Lipinski definition) is 11. The number of phosphoric acid groups is 3. The number of aliphatic hydroxyl groups is 1. The van der Waals surface area contributed by atoms with Gasteiger partial charge in [0.15, 0.2) is 24.0 Å². The molecule has 0 aliphatic carbocycles. The van der Waals surface area contributed by atoms with Crippen LogP contribution in [0.1, 0.15) is 6.23 Å². The van der Waals surface area contributed by atoms with Crippen molar-refractivity contribution in [2.45, 2.75) is 24.3 Å². The maximum Gasteiger partial charge on any atom is 0.490 e. The van der Waals surface area contributed by atoms with Gasteiger partial charge in [0.1, 0.15) is 0 Å². The number of rotatable bonds is 7. The van der Waals surface area contributed by atoms with Gasteiger partial charge in [-0.25, -0.2) is 22.5 Å². The molecule has 0 bridgehead atoms. The number of ether oxygens (including phenoxy) is 1. The van der Waals surface area contributed by atoms with Gasteiger partial charge < -0.3 is 35.2 Å². The van der Waals surface area contributed by atoms with Crippen LogP contribution in [0.15, 0.2) is 6.20 Å². The third kappa shape index (κ3) is 6.01. The van der Waals surface area contributed by atoms with E-state index in [4.69, 9.17) is 43.8 Å². The molecule has 0 aromatic carbocycles. The van der Waals surface area contributed by atoms with Crippen LogP contribution in [0.5, 0.6) is 0 Å². The van der Waals surface area contributed by atoms with Crippen molar-refractivity contribution in [2.75, 3.05) is 5.73 Å². The Balaban J connectivity index is 2.34. The number of nitrogen functional groups attached to an aromatic ring is 1. The Morgan fingerprint density at radius 1 is 1.29 bits per heavy atom. The zero-order valence-electron chi connectivity index (χ0n) is 14.5. The number of nitrogens with two attached hydrogens (primary N) is 1. The summed E-state index contributed by atoms with van der Waals surface area (Å²) in [5, 5.41) is 10.1. The summed E-state index contributed by atoms with van der Waals surface area (Å²) in [6, 6.07) is 0. The molecule has 0 radical (unpaired) electrons. The molecule has 21 heteroatoms. The standard InChI is InChI=1S/C10H12F2N3O12P3S/c1-2-10(12)5(16)7(24-8(10)15-3-4(11)6(13)14-9(15)31)25-29(20,21)27-30(22,23)26-28(17,18)19/h1,3,5,7-8,16H,(H,20,21)(H,22,23)(H2,13,14,31)(H2,17,18,19)/t5-,7+,8+,10?/m0/s1.